The number of hydrogen-bond donors (Lipinski definition) is 0. The molecule has 15 heavy (non-hydrogen) atoms. The fourth-order valence-electron chi connectivity index (χ4n) is 0.871. The molecule has 6 heteroatoms. The number of hydrogen-bond acceptors (Lipinski definition) is 4. The smallest absolute Gasteiger partial charge is 0.303 e. The first kappa shape index (κ1) is 12.0. The first-order valence-corrected chi connectivity index (χ1v) is 6.06. The predicted molar refractivity (Wildman–Crippen MR) is 55.3 cm³/mol. The van der Waals surface area contributed by atoms with Crippen LogP contribution >= 0.6 is 11.6 Å². The van der Waals surface area contributed by atoms with E-state index in [1.165, 1.54) is 24.3 Å². The van der Waals surface area contributed by atoms with Crippen LogP contribution in [0.4, 0.5) is 0 Å². The van der Waals surface area contributed by atoms with Crippen molar-refractivity contribution in [1.29, 1.82) is 0 Å². The van der Waals surface area contributed by atoms with Gasteiger partial charge in [-0.1, -0.05) is 11.6 Å². The molecule has 0 atom stereocenters. The number of esters is 1. The standard InChI is InChI=1S/C9H9ClO4S/c1-7(11)14-6-15(12,13)9-4-2-8(10)3-5-9/h2-5H,6H2,1H3. The summed E-state index contributed by atoms with van der Waals surface area (Å²) in [7, 11) is -3.57. The highest BCUT2D eigenvalue weighted by Crippen LogP contribution is 2.15. The number of halogens is 1. The van der Waals surface area contributed by atoms with Crippen molar-refractivity contribution >= 4 is 27.4 Å². The maximum absolute atomic E-state index is 11.5. The van der Waals surface area contributed by atoms with Crippen LogP contribution in [0.1, 0.15) is 6.92 Å². The number of carbonyl (C=O) groups excluding carboxylic acids is 1. The van der Waals surface area contributed by atoms with Gasteiger partial charge >= 0.3 is 5.97 Å². The molecule has 82 valence electrons. The molecule has 0 N–H and O–H groups in total. The van der Waals surface area contributed by atoms with Gasteiger partial charge in [0.15, 0.2) is 5.94 Å². The summed E-state index contributed by atoms with van der Waals surface area (Å²) in [5.74, 6) is -1.28. The largest absolute Gasteiger partial charge is 0.449 e. The van der Waals surface area contributed by atoms with Crippen molar-refractivity contribution in [2.75, 3.05) is 5.94 Å². The Balaban J connectivity index is 2.87. The SMILES string of the molecule is CC(=O)OCS(=O)(=O)c1ccc(Cl)cc1. The number of benzene rings is 1. The lowest BCUT2D eigenvalue weighted by atomic mass is 10.4. The van der Waals surface area contributed by atoms with Crippen LogP contribution in [0.3, 0.4) is 0 Å². The van der Waals surface area contributed by atoms with Gasteiger partial charge in [-0.2, -0.15) is 0 Å². The molecule has 0 bridgehead atoms. The van der Waals surface area contributed by atoms with Crippen molar-refractivity contribution in [1.82, 2.24) is 0 Å². The Morgan fingerprint density at radius 3 is 2.33 bits per heavy atom. The highest BCUT2D eigenvalue weighted by Gasteiger charge is 2.15. The zero-order chi connectivity index (χ0) is 11.5. The van der Waals surface area contributed by atoms with Gasteiger partial charge in [0.2, 0.25) is 9.84 Å². The third-order valence-electron chi connectivity index (χ3n) is 1.59. The zero-order valence-electron chi connectivity index (χ0n) is 7.94. The quantitative estimate of drug-likeness (QED) is 0.763. The average molecular weight is 249 g/mol. The van der Waals surface area contributed by atoms with Gasteiger partial charge in [-0.3, -0.25) is 4.79 Å². The van der Waals surface area contributed by atoms with E-state index < -0.39 is 21.7 Å². The van der Waals surface area contributed by atoms with Gasteiger partial charge in [-0.15, -0.1) is 0 Å². The minimum Gasteiger partial charge on any atom is -0.449 e. The molecule has 0 fully saturated rings. The topological polar surface area (TPSA) is 60.4 Å². The lowest BCUT2D eigenvalue weighted by Gasteiger charge is -2.04. The number of carbonyl (C=O) groups is 1. The van der Waals surface area contributed by atoms with Gasteiger partial charge in [-0.05, 0) is 24.3 Å². The Hall–Kier alpha value is -1.07. The van der Waals surface area contributed by atoms with E-state index in [4.69, 9.17) is 11.6 Å². The van der Waals surface area contributed by atoms with Gasteiger partial charge in [0, 0.05) is 11.9 Å². The molecule has 1 aromatic carbocycles. The molecule has 0 aliphatic heterocycles. The van der Waals surface area contributed by atoms with Gasteiger partial charge in [0.1, 0.15) is 0 Å². The second-order valence-corrected chi connectivity index (χ2v) is 5.20. The van der Waals surface area contributed by atoms with E-state index in [-0.39, 0.29) is 4.90 Å². The summed E-state index contributed by atoms with van der Waals surface area (Å²) in [6, 6.07) is 5.65. The first-order chi connectivity index (χ1) is 6.92. The predicted octanol–water partition coefficient (Wildman–Crippen LogP) is 1.63. The monoisotopic (exact) mass is 248 g/mol. The lowest BCUT2D eigenvalue weighted by Crippen LogP contribution is -2.12. The molecular weight excluding hydrogens is 240 g/mol. The average Bonchev–Trinajstić information content (AvgIpc) is 2.16. The summed E-state index contributed by atoms with van der Waals surface area (Å²) >= 11 is 5.61. The maximum atomic E-state index is 11.5. The van der Waals surface area contributed by atoms with Gasteiger partial charge in [0.05, 0.1) is 4.90 Å². The number of rotatable bonds is 3. The summed E-state index contributed by atoms with van der Waals surface area (Å²) in [6.07, 6.45) is 0. The van der Waals surface area contributed by atoms with E-state index in [0.29, 0.717) is 5.02 Å². The number of sulfone groups is 1. The molecule has 0 aliphatic carbocycles. The van der Waals surface area contributed by atoms with Crippen LogP contribution in [0.5, 0.6) is 0 Å². The van der Waals surface area contributed by atoms with Crippen LogP contribution in [0.25, 0.3) is 0 Å². The van der Waals surface area contributed by atoms with Crippen LogP contribution in [0.2, 0.25) is 5.02 Å². The molecule has 0 saturated carbocycles. The van der Waals surface area contributed by atoms with E-state index in [1.54, 1.807) is 0 Å². The van der Waals surface area contributed by atoms with E-state index in [0.717, 1.165) is 6.92 Å². The van der Waals surface area contributed by atoms with Crippen molar-refractivity contribution in [3.05, 3.63) is 29.3 Å². The van der Waals surface area contributed by atoms with Gasteiger partial charge in [-0.25, -0.2) is 8.42 Å². The Labute approximate surface area is 92.7 Å². The van der Waals surface area contributed by atoms with Crippen molar-refractivity contribution < 1.29 is 17.9 Å². The van der Waals surface area contributed by atoms with Gasteiger partial charge < -0.3 is 4.74 Å². The third kappa shape index (κ3) is 3.53. The highest BCUT2D eigenvalue weighted by atomic mass is 35.5. The maximum Gasteiger partial charge on any atom is 0.303 e. The Morgan fingerprint density at radius 2 is 1.87 bits per heavy atom. The Bertz CT molecular complexity index is 450. The van der Waals surface area contributed by atoms with E-state index in [9.17, 15) is 13.2 Å². The van der Waals surface area contributed by atoms with Crippen LogP contribution in [-0.4, -0.2) is 20.3 Å². The van der Waals surface area contributed by atoms with Gasteiger partial charge in [0.25, 0.3) is 0 Å². The summed E-state index contributed by atoms with van der Waals surface area (Å²) in [6.45, 7) is 1.15. The third-order valence-corrected chi connectivity index (χ3v) is 3.26. The second kappa shape index (κ2) is 4.63. The van der Waals surface area contributed by atoms with Crippen LogP contribution in [0, 0.1) is 0 Å². The summed E-state index contributed by atoms with van der Waals surface area (Å²) in [5, 5.41) is 0.446. The van der Waals surface area contributed by atoms with Crippen molar-refractivity contribution in [3.8, 4) is 0 Å². The molecule has 0 aromatic heterocycles. The normalized spacial score (nSPS) is 11.1. The van der Waals surface area contributed by atoms with Crippen LogP contribution in [-0.2, 0) is 19.4 Å². The molecule has 1 aromatic rings. The minimum absolute atomic E-state index is 0.0770. The molecule has 0 heterocycles. The molecule has 0 unspecified atom stereocenters. The Morgan fingerprint density at radius 1 is 1.33 bits per heavy atom. The molecule has 4 nitrogen and oxygen atoms in total. The van der Waals surface area contributed by atoms with Crippen molar-refractivity contribution in [2.24, 2.45) is 0 Å². The molecule has 0 aliphatic rings. The fraction of sp³-hybridized carbons (Fsp3) is 0.222. The zero-order valence-corrected chi connectivity index (χ0v) is 9.51. The first-order valence-electron chi connectivity index (χ1n) is 4.03. The molecule has 0 radical (unpaired) electrons. The van der Waals surface area contributed by atoms with E-state index >= 15 is 0 Å². The molecular formula is C9H9ClO4S. The van der Waals surface area contributed by atoms with E-state index in [2.05, 4.69) is 4.74 Å². The van der Waals surface area contributed by atoms with Crippen molar-refractivity contribution in [2.45, 2.75) is 11.8 Å². The fourth-order valence-corrected chi connectivity index (χ4v) is 2.00. The van der Waals surface area contributed by atoms with E-state index in [1.807, 2.05) is 0 Å². The molecule has 0 saturated heterocycles. The second-order valence-electron chi connectivity index (χ2n) is 2.82. The molecule has 0 spiro atoms. The summed E-state index contributed by atoms with van der Waals surface area (Å²) in [4.78, 5) is 10.5. The summed E-state index contributed by atoms with van der Waals surface area (Å²) < 4.78 is 27.5. The highest BCUT2D eigenvalue weighted by molar-refractivity contribution is 7.91. The molecule has 0 amide bonds. The Kier molecular flexibility index (Phi) is 3.71. The minimum atomic E-state index is -3.57. The van der Waals surface area contributed by atoms with Crippen molar-refractivity contribution in [3.63, 3.8) is 0 Å². The van der Waals surface area contributed by atoms with Crippen LogP contribution in [0.15, 0.2) is 29.2 Å². The summed E-state index contributed by atoms with van der Waals surface area (Å²) in [5.41, 5.74) is 0. The van der Waals surface area contributed by atoms with Crippen LogP contribution < -0.4 is 0 Å². The number of ether oxygens (including phenoxy) is 1. The lowest BCUT2D eigenvalue weighted by molar-refractivity contribution is -0.138. The molecule has 1 rings (SSSR count).